The van der Waals surface area contributed by atoms with Gasteiger partial charge in [-0.1, -0.05) is 17.7 Å². The highest BCUT2D eigenvalue weighted by molar-refractivity contribution is 6.00. The molecule has 21 heavy (non-hydrogen) atoms. The highest BCUT2D eigenvalue weighted by atomic mass is 16.2. The number of nitrogens with zero attached hydrogens (tertiary/aromatic N) is 2. The van der Waals surface area contributed by atoms with Crippen LogP contribution in [0.2, 0.25) is 0 Å². The Bertz CT molecular complexity index is 576. The maximum Gasteiger partial charge on any atom is 0.228 e. The molecule has 0 bridgehead atoms. The van der Waals surface area contributed by atoms with Crippen molar-refractivity contribution >= 4 is 17.5 Å². The third-order valence-corrected chi connectivity index (χ3v) is 4.54. The largest absolute Gasteiger partial charge is 0.342 e. The number of carbonyl (C=O) groups excluding carboxylic acids is 2. The number of likely N-dealkylation sites (tertiary alicyclic amines) is 1. The van der Waals surface area contributed by atoms with Crippen LogP contribution >= 0.6 is 0 Å². The van der Waals surface area contributed by atoms with Gasteiger partial charge in [-0.2, -0.15) is 0 Å². The Morgan fingerprint density at radius 1 is 1.19 bits per heavy atom. The van der Waals surface area contributed by atoms with Crippen LogP contribution in [-0.2, 0) is 9.59 Å². The van der Waals surface area contributed by atoms with Crippen molar-refractivity contribution < 1.29 is 9.59 Å². The maximum absolute atomic E-state index is 12.5. The fraction of sp³-hybridized carbons (Fsp3) is 0.529. The molecule has 2 aliphatic heterocycles. The quantitative estimate of drug-likeness (QED) is 0.837. The highest BCUT2D eigenvalue weighted by Crippen LogP contribution is 2.29. The van der Waals surface area contributed by atoms with Gasteiger partial charge in [0.15, 0.2) is 0 Å². The number of anilines is 1. The van der Waals surface area contributed by atoms with E-state index in [2.05, 4.69) is 6.07 Å². The third kappa shape index (κ3) is 2.67. The van der Waals surface area contributed by atoms with E-state index in [1.54, 1.807) is 4.90 Å². The smallest absolute Gasteiger partial charge is 0.228 e. The van der Waals surface area contributed by atoms with E-state index in [-0.39, 0.29) is 17.7 Å². The number of aryl methyl sites for hydroxylation is 2. The third-order valence-electron chi connectivity index (χ3n) is 4.54. The Morgan fingerprint density at radius 2 is 1.90 bits per heavy atom. The molecule has 0 N–H and O–H groups in total. The van der Waals surface area contributed by atoms with Crippen molar-refractivity contribution in [1.82, 2.24) is 4.90 Å². The zero-order valence-electron chi connectivity index (χ0n) is 12.8. The first kappa shape index (κ1) is 14.1. The first-order chi connectivity index (χ1) is 10.1. The lowest BCUT2D eigenvalue weighted by molar-refractivity contribution is -0.134. The van der Waals surface area contributed by atoms with E-state index in [1.807, 2.05) is 30.9 Å². The standard InChI is InChI=1S/C17H22N2O2/c1-12-5-6-15(13(2)9-12)19-11-14(10-16(19)20)17(21)18-7-3-4-8-18/h5-6,9,14H,3-4,7-8,10-11H2,1-2H3. The molecule has 0 aromatic heterocycles. The van der Waals surface area contributed by atoms with Crippen LogP contribution in [0.5, 0.6) is 0 Å². The van der Waals surface area contributed by atoms with Crippen molar-refractivity contribution in [2.45, 2.75) is 33.1 Å². The van der Waals surface area contributed by atoms with Crippen molar-refractivity contribution in [2.75, 3.05) is 24.5 Å². The molecule has 4 heteroatoms. The molecule has 3 rings (SSSR count). The number of carbonyl (C=O) groups is 2. The molecule has 2 heterocycles. The second-order valence-electron chi connectivity index (χ2n) is 6.23. The summed E-state index contributed by atoms with van der Waals surface area (Å²) < 4.78 is 0. The van der Waals surface area contributed by atoms with Crippen LogP contribution in [0.4, 0.5) is 5.69 Å². The molecule has 0 radical (unpaired) electrons. The zero-order valence-corrected chi connectivity index (χ0v) is 12.8. The highest BCUT2D eigenvalue weighted by Gasteiger charge is 2.38. The second-order valence-corrected chi connectivity index (χ2v) is 6.23. The minimum atomic E-state index is -0.170. The molecule has 1 atom stereocenters. The summed E-state index contributed by atoms with van der Waals surface area (Å²) >= 11 is 0. The average Bonchev–Trinajstić information content (AvgIpc) is 3.08. The van der Waals surface area contributed by atoms with E-state index in [1.165, 1.54) is 5.56 Å². The van der Waals surface area contributed by atoms with Gasteiger partial charge in [0.2, 0.25) is 11.8 Å². The van der Waals surface area contributed by atoms with Crippen LogP contribution < -0.4 is 4.90 Å². The van der Waals surface area contributed by atoms with E-state index < -0.39 is 0 Å². The molecule has 1 aromatic carbocycles. The molecule has 1 unspecified atom stereocenters. The molecule has 2 aliphatic rings. The molecule has 0 spiro atoms. The summed E-state index contributed by atoms with van der Waals surface area (Å²) in [5.41, 5.74) is 3.23. The first-order valence-electron chi connectivity index (χ1n) is 7.72. The van der Waals surface area contributed by atoms with E-state index in [0.29, 0.717) is 13.0 Å². The summed E-state index contributed by atoms with van der Waals surface area (Å²) in [5, 5.41) is 0. The summed E-state index contributed by atoms with van der Waals surface area (Å²) in [5.74, 6) is 0.0592. The van der Waals surface area contributed by atoms with Crippen LogP contribution in [0.15, 0.2) is 18.2 Å². The SMILES string of the molecule is Cc1ccc(N2CC(C(=O)N3CCCC3)CC2=O)c(C)c1. The van der Waals surface area contributed by atoms with Gasteiger partial charge in [-0.15, -0.1) is 0 Å². The average molecular weight is 286 g/mol. The van der Waals surface area contributed by atoms with Crippen LogP contribution in [0, 0.1) is 19.8 Å². The molecule has 0 saturated carbocycles. The molecule has 1 aromatic rings. The van der Waals surface area contributed by atoms with Gasteiger partial charge in [-0.3, -0.25) is 9.59 Å². The fourth-order valence-electron chi connectivity index (χ4n) is 3.41. The molecular formula is C17H22N2O2. The molecule has 2 amide bonds. The van der Waals surface area contributed by atoms with Crippen molar-refractivity contribution in [3.05, 3.63) is 29.3 Å². The van der Waals surface area contributed by atoms with Gasteiger partial charge in [0.25, 0.3) is 0 Å². The minimum absolute atomic E-state index is 0.0690. The Labute approximate surface area is 125 Å². The van der Waals surface area contributed by atoms with Gasteiger partial charge in [0, 0.05) is 31.7 Å². The number of benzene rings is 1. The van der Waals surface area contributed by atoms with Crippen LogP contribution in [0.3, 0.4) is 0 Å². The number of rotatable bonds is 2. The van der Waals surface area contributed by atoms with Gasteiger partial charge < -0.3 is 9.80 Å². The maximum atomic E-state index is 12.5. The van der Waals surface area contributed by atoms with Crippen LogP contribution in [0.1, 0.15) is 30.4 Å². The summed E-state index contributed by atoms with van der Waals surface area (Å²) in [6.07, 6.45) is 2.53. The Hall–Kier alpha value is -1.84. The predicted octanol–water partition coefficient (Wildman–Crippen LogP) is 2.28. The van der Waals surface area contributed by atoms with Gasteiger partial charge >= 0.3 is 0 Å². The lowest BCUT2D eigenvalue weighted by Crippen LogP contribution is -2.35. The minimum Gasteiger partial charge on any atom is -0.342 e. The van der Waals surface area contributed by atoms with Crippen molar-refractivity contribution in [2.24, 2.45) is 5.92 Å². The van der Waals surface area contributed by atoms with Crippen molar-refractivity contribution in [1.29, 1.82) is 0 Å². The Morgan fingerprint density at radius 3 is 2.57 bits per heavy atom. The molecule has 2 fully saturated rings. The Kier molecular flexibility index (Phi) is 3.70. The van der Waals surface area contributed by atoms with E-state index in [0.717, 1.165) is 37.2 Å². The van der Waals surface area contributed by atoms with Gasteiger partial charge in [0.1, 0.15) is 0 Å². The van der Waals surface area contributed by atoms with Crippen LogP contribution in [0.25, 0.3) is 0 Å². The fourth-order valence-corrected chi connectivity index (χ4v) is 3.41. The van der Waals surface area contributed by atoms with Crippen molar-refractivity contribution in [3.63, 3.8) is 0 Å². The van der Waals surface area contributed by atoms with Crippen LogP contribution in [-0.4, -0.2) is 36.3 Å². The number of hydrogen-bond donors (Lipinski definition) is 0. The summed E-state index contributed by atoms with van der Waals surface area (Å²) in [7, 11) is 0. The zero-order chi connectivity index (χ0) is 15.0. The monoisotopic (exact) mass is 286 g/mol. The van der Waals surface area contributed by atoms with Gasteiger partial charge in [-0.25, -0.2) is 0 Å². The summed E-state index contributed by atoms with van der Waals surface area (Å²) in [4.78, 5) is 28.5. The lowest BCUT2D eigenvalue weighted by Gasteiger charge is -2.21. The van der Waals surface area contributed by atoms with Gasteiger partial charge in [0.05, 0.1) is 5.92 Å². The predicted molar refractivity (Wildman–Crippen MR) is 82.2 cm³/mol. The summed E-state index contributed by atoms with van der Waals surface area (Å²) in [6.45, 7) is 6.30. The molecular weight excluding hydrogens is 264 g/mol. The first-order valence-corrected chi connectivity index (χ1v) is 7.72. The lowest BCUT2D eigenvalue weighted by atomic mass is 10.1. The number of amides is 2. The van der Waals surface area contributed by atoms with Gasteiger partial charge in [-0.05, 0) is 38.3 Å². The molecule has 0 aliphatic carbocycles. The van der Waals surface area contributed by atoms with E-state index >= 15 is 0 Å². The second kappa shape index (κ2) is 5.51. The molecule has 2 saturated heterocycles. The van der Waals surface area contributed by atoms with Crippen molar-refractivity contribution in [3.8, 4) is 0 Å². The molecule has 4 nitrogen and oxygen atoms in total. The summed E-state index contributed by atoms with van der Waals surface area (Å²) in [6, 6.07) is 6.09. The van der Waals surface area contributed by atoms with E-state index in [4.69, 9.17) is 0 Å². The number of hydrogen-bond acceptors (Lipinski definition) is 2. The van der Waals surface area contributed by atoms with E-state index in [9.17, 15) is 9.59 Å². The Balaban J connectivity index is 1.76. The molecule has 112 valence electrons. The normalized spacial score (nSPS) is 22.2. The topological polar surface area (TPSA) is 40.6 Å².